The molecule has 27 heavy (non-hydrogen) atoms. The lowest BCUT2D eigenvalue weighted by Gasteiger charge is -2.21. The largest absolute Gasteiger partial charge is 0.484 e. The van der Waals surface area contributed by atoms with Crippen molar-refractivity contribution in [2.24, 2.45) is 0 Å². The number of carbonyl (C=O) groups is 3. The first-order valence-electron chi connectivity index (χ1n) is 8.08. The lowest BCUT2D eigenvalue weighted by molar-refractivity contribution is -0.123. The van der Waals surface area contributed by atoms with Gasteiger partial charge >= 0.3 is 6.03 Å². The zero-order valence-electron chi connectivity index (χ0n) is 14.4. The molecule has 1 atom stereocenters. The predicted molar refractivity (Wildman–Crippen MR) is 95.8 cm³/mol. The van der Waals surface area contributed by atoms with Crippen LogP contribution in [0.5, 0.6) is 5.75 Å². The van der Waals surface area contributed by atoms with Crippen molar-refractivity contribution in [2.75, 3.05) is 11.9 Å². The van der Waals surface area contributed by atoms with Gasteiger partial charge in [0.05, 0.1) is 11.6 Å². The maximum Gasteiger partial charge on any atom is 0.322 e. The first-order chi connectivity index (χ1) is 12.9. The van der Waals surface area contributed by atoms with E-state index in [1.54, 1.807) is 55.5 Å². The summed E-state index contributed by atoms with van der Waals surface area (Å²) in [5, 5.41) is 16.2. The van der Waals surface area contributed by atoms with Gasteiger partial charge in [-0.15, -0.1) is 0 Å². The van der Waals surface area contributed by atoms with Crippen LogP contribution in [0.15, 0.2) is 48.5 Å². The summed E-state index contributed by atoms with van der Waals surface area (Å²) in [6.45, 7) is 1.37. The van der Waals surface area contributed by atoms with Crippen molar-refractivity contribution in [3.05, 3.63) is 59.7 Å². The third kappa shape index (κ3) is 3.88. The van der Waals surface area contributed by atoms with Gasteiger partial charge in [0.1, 0.15) is 11.3 Å². The zero-order valence-corrected chi connectivity index (χ0v) is 14.4. The number of imide groups is 1. The van der Waals surface area contributed by atoms with Crippen LogP contribution < -0.4 is 20.7 Å². The van der Waals surface area contributed by atoms with Crippen molar-refractivity contribution < 1.29 is 19.1 Å². The summed E-state index contributed by atoms with van der Waals surface area (Å²) < 4.78 is 5.38. The number of hydrogen-bond acceptors (Lipinski definition) is 5. The molecule has 1 saturated heterocycles. The fourth-order valence-corrected chi connectivity index (χ4v) is 2.63. The van der Waals surface area contributed by atoms with E-state index in [1.807, 2.05) is 6.07 Å². The van der Waals surface area contributed by atoms with Crippen molar-refractivity contribution in [2.45, 2.75) is 12.5 Å². The smallest absolute Gasteiger partial charge is 0.322 e. The van der Waals surface area contributed by atoms with Gasteiger partial charge in [-0.25, -0.2) is 4.79 Å². The van der Waals surface area contributed by atoms with Crippen LogP contribution in [-0.4, -0.2) is 24.5 Å². The lowest BCUT2D eigenvalue weighted by Crippen LogP contribution is -2.40. The van der Waals surface area contributed by atoms with Crippen molar-refractivity contribution in [1.82, 2.24) is 10.6 Å². The van der Waals surface area contributed by atoms with Gasteiger partial charge in [-0.05, 0) is 48.9 Å². The van der Waals surface area contributed by atoms with Gasteiger partial charge in [0.2, 0.25) is 0 Å². The van der Waals surface area contributed by atoms with Crippen molar-refractivity contribution in [1.29, 1.82) is 5.26 Å². The molecule has 1 aliphatic heterocycles. The van der Waals surface area contributed by atoms with Crippen LogP contribution in [0.1, 0.15) is 18.1 Å². The van der Waals surface area contributed by atoms with Gasteiger partial charge in [0, 0.05) is 5.69 Å². The number of amides is 4. The van der Waals surface area contributed by atoms with E-state index in [0.717, 1.165) is 0 Å². The van der Waals surface area contributed by atoms with Gasteiger partial charge in [-0.3, -0.25) is 14.9 Å². The Bertz CT molecular complexity index is 949. The van der Waals surface area contributed by atoms with E-state index in [2.05, 4.69) is 16.0 Å². The first kappa shape index (κ1) is 17.9. The molecule has 3 N–H and O–H groups in total. The Morgan fingerprint density at radius 2 is 1.96 bits per heavy atom. The van der Waals surface area contributed by atoms with Gasteiger partial charge in [-0.2, -0.15) is 5.26 Å². The topological polar surface area (TPSA) is 120 Å². The Labute approximate surface area is 155 Å². The van der Waals surface area contributed by atoms with Crippen molar-refractivity contribution >= 4 is 23.5 Å². The van der Waals surface area contributed by atoms with E-state index >= 15 is 0 Å². The van der Waals surface area contributed by atoms with E-state index in [0.29, 0.717) is 22.6 Å². The average Bonchev–Trinajstić information content (AvgIpc) is 2.93. The van der Waals surface area contributed by atoms with E-state index in [4.69, 9.17) is 10.00 Å². The molecule has 0 bridgehead atoms. The van der Waals surface area contributed by atoms with E-state index in [9.17, 15) is 14.4 Å². The van der Waals surface area contributed by atoms with Gasteiger partial charge in [0.25, 0.3) is 11.8 Å². The normalized spacial score (nSPS) is 18.2. The number of carbonyl (C=O) groups excluding carboxylic acids is 3. The zero-order chi connectivity index (χ0) is 19.4. The van der Waals surface area contributed by atoms with Crippen LogP contribution >= 0.6 is 0 Å². The lowest BCUT2D eigenvalue weighted by atomic mass is 9.92. The minimum atomic E-state index is -1.20. The molecule has 3 rings (SSSR count). The third-order valence-electron chi connectivity index (χ3n) is 4.12. The first-order valence-corrected chi connectivity index (χ1v) is 8.08. The Morgan fingerprint density at radius 1 is 1.22 bits per heavy atom. The van der Waals surface area contributed by atoms with Crippen LogP contribution in [0.2, 0.25) is 0 Å². The number of rotatable bonds is 5. The second kappa shape index (κ2) is 7.17. The molecular formula is C19H16N4O4. The summed E-state index contributed by atoms with van der Waals surface area (Å²) in [5.41, 5.74) is 0.310. The number of benzene rings is 2. The molecule has 1 unspecified atom stereocenters. The van der Waals surface area contributed by atoms with Crippen LogP contribution in [0, 0.1) is 11.3 Å². The number of ether oxygens (including phenoxy) is 1. The van der Waals surface area contributed by atoms with E-state index < -0.39 is 17.5 Å². The molecule has 1 fully saturated rings. The third-order valence-corrected chi connectivity index (χ3v) is 4.12. The molecule has 0 radical (unpaired) electrons. The molecule has 1 aliphatic rings. The molecule has 0 aliphatic carbocycles. The maximum absolute atomic E-state index is 12.1. The Balaban J connectivity index is 1.64. The highest BCUT2D eigenvalue weighted by Gasteiger charge is 2.43. The fourth-order valence-electron chi connectivity index (χ4n) is 2.63. The number of anilines is 1. The summed E-state index contributed by atoms with van der Waals surface area (Å²) in [5.74, 6) is -0.377. The van der Waals surface area contributed by atoms with Crippen molar-refractivity contribution in [3.63, 3.8) is 0 Å². The molecular weight excluding hydrogens is 348 g/mol. The molecule has 4 amide bonds. The number of nitrogens with one attached hydrogen (secondary N) is 3. The number of hydrogen-bond donors (Lipinski definition) is 3. The van der Waals surface area contributed by atoms with Gasteiger partial charge in [-0.1, -0.05) is 12.1 Å². The number of nitriles is 1. The Kier molecular flexibility index (Phi) is 4.77. The summed E-state index contributed by atoms with van der Waals surface area (Å²) in [4.78, 5) is 35.5. The summed E-state index contributed by atoms with van der Waals surface area (Å²) in [7, 11) is 0. The highest BCUT2D eigenvalue weighted by atomic mass is 16.5. The predicted octanol–water partition coefficient (Wildman–Crippen LogP) is 1.63. The molecule has 136 valence electrons. The molecule has 8 nitrogen and oxygen atoms in total. The molecule has 8 heteroatoms. The molecule has 2 aromatic carbocycles. The highest BCUT2D eigenvalue weighted by Crippen LogP contribution is 2.26. The molecule has 0 aromatic heterocycles. The summed E-state index contributed by atoms with van der Waals surface area (Å²) in [6, 6.07) is 14.5. The Hall–Kier alpha value is -3.86. The quantitative estimate of drug-likeness (QED) is 0.697. The monoisotopic (exact) mass is 364 g/mol. The number of urea groups is 1. The second-order valence-electron chi connectivity index (χ2n) is 6.09. The van der Waals surface area contributed by atoms with Crippen LogP contribution in [0.3, 0.4) is 0 Å². The van der Waals surface area contributed by atoms with Crippen LogP contribution in [0.25, 0.3) is 0 Å². The maximum atomic E-state index is 12.1. The minimum absolute atomic E-state index is 0.218. The Morgan fingerprint density at radius 3 is 2.59 bits per heavy atom. The highest BCUT2D eigenvalue weighted by molar-refractivity contribution is 6.07. The average molecular weight is 364 g/mol. The van der Waals surface area contributed by atoms with Crippen LogP contribution in [0.4, 0.5) is 10.5 Å². The summed E-state index contributed by atoms with van der Waals surface area (Å²) >= 11 is 0. The van der Waals surface area contributed by atoms with Crippen LogP contribution in [-0.2, 0) is 15.1 Å². The van der Waals surface area contributed by atoms with E-state index in [-0.39, 0.29) is 12.5 Å². The molecule has 0 spiro atoms. The molecule has 0 saturated carbocycles. The van der Waals surface area contributed by atoms with Gasteiger partial charge in [0.15, 0.2) is 6.61 Å². The summed E-state index contributed by atoms with van der Waals surface area (Å²) in [6.07, 6.45) is 0. The molecule has 1 heterocycles. The molecule has 2 aromatic rings. The SMILES string of the molecule is CC1(c2cccc(NC(=O)COc3ccc(C#N)cc3)c2)NC(=O)NC1=O. The van der Waals surface area contributed by atoms with Gasteiger partial charge < -0.3 is 15.4 Å². The van der Waals surface area contributed by atoms with Crippen molar-refractivity contribution in [3.8, 4) is 11.8 Å². The standard InChI is InChI=1S/C19H16N4O4/c1-19(17(25)22-18(26)23-19)13-3-2-4-14(9-13)21-16(24)11-27-15-7-5-12(10-20)6-8-15/h2-9H,11H2,1H3,(H,21,24)(H2,22,23,25,26). The van der Waals surface area contributed by atoms with E-state index in [1.165, 1.54) is 0 Å². The second-order valence-corrected chi connectivity index (χ2v) is 6.09. The number of nitrogens with zero attached hydrogens (tertiary/aromatic N) is 1. The minimum Gasteiger partial charge on any atom is -0.484 e. The fraction of sp³-hybridized carbons (Fsp3) is 0.158.